The molecule has 2 aromatic carbocycles. The molecular weight excluding hydrogens is 398 g/mol. The smallest absolute Gasteiger partial charge is 0.271 e. The molecule has 9 nitrogen and oxygen atoms in total. The van der Waals surface area contributed by atoms with E-state index in [1.165, 1.54) is 19.1 Å². The van der Waals surface area contributed by atoms with Crippen LogP contribution in [0.25, 0.3) is 5.69 Å². The van der Waals surface area contributed by atoms with Gasteiger partial charge in [-0.2, -0.15) is 5.10 Å². The molecule has 0 saturated heterocycles. The maximum atomic E-state index is 12.3. The zero-order valence-corrected chi connectivity index (χ0v) is 17.2. The van der Waals surface area contributed by atoms with E-state index < -0.39 is 4.92 Å². The highest BCUT2D eigenvalue weighted by Crippen LogP contribution is 2.22. The number of nitro benzene ring substituents is 1. The molecule has 9 heteroatoms. The number of nitrogens with one attached hydrogen (secondary N) is 2. The molecule has 0 aliphatic carbocycles. The van der Waals surface area contributed by atoms with E-state index in [4.69, 9.17) is 0 Å². The van der Waals surface area contributed by atoms with Crippen molar-refractivity contribution in [1.82, 2.24) is 9.99 Å². The second kappa shape index (κ2) is 9.04. The molecular formula is C22H21N5O4. The number of carbonyl (C=O) groups is 2. The molecule has 0 aliphatic rings. The largest absolute Gasteiger partial charge is 0.326 e. The van der Waals surface area contributed by atoms with E-state index in [0.29, 0.717) is 11.3 Å². The second-order valence-electron chi connectivity index (χ2n) is 6.89. The molecule has 0 bridgehead atoms. The van der Waals surface area contributed by atoms with Gasteiger partial charge >= 0.3 is 0 Å². The first-order chi connectivity index (χ1) is 14.8. The number of hydrogen-bond acceptors (Lipinski definition) is 5. The minimum absolute atomic E-state index is 0.0285. The standard InChI is InChI=1S/C22H21N5O4/c1-14-12-18(15(2)26(14)20-8-10-21(11-9-20)27(30)31)13-23-25-22(29)17-4-6-19(7-5-17)24-16(3)28/h4-13H,1-3H3,(H,24,28)(H,25,29). The number of aromatic nitrogens is 1. The molecule has 0 unspecified atom stereocenters. The predicted molar refractivity (Wildman–Crippen MR) is 118 cm³/mol. The van der Waals surface area contributed by atoms with Crippen molar-refractivity contribution in [2.24, 2.45) is 5.10 Å². The van der Waals surface area contributed by atoms with Crippen molar-refractivity contribution in [3.63, 3.8) is 0 Å². The molecule has 0 radical (unpaired) electrons. The first kappa shape index (κ1) is 21.4. The average Bonchev–Trinajstić information content (AvgIpc) is 3.01. The van der Waals surface area contributed by atoms with Crippen LogP contribution in [-0.4, -0.2) is 27.5 Å². The van der Waals surface area contributed by atoms with E-state index >= 15 is 0 Å². The Kier molecular flexibility index (Phi) is 6.25. The Morgan fingerprint density at radius 3 is 2.29 bits per heavy atom. The van der Waals surface area contributed by atoms with Crippen molar-refractivity contribution >= 4 is 29.4 Å². The van der Waals surface area contributed by atoms with Gasteiger partial charge in [0, 0.05) is 52.9 Å². The number of hydrogen-bond donors (Lipinski definition) is 2. The van der Waals surface area contributed by atoms with Crippen LogP contribution in [0.3, 0.4) is 0 Å². The molecule has 3 aromatic rings. The molecule has 0 saturated carbocycles. The third kappa shape index (κ3) is 5.02. The van der Waals surface area contributed by atoms with Crippen LogP contribution >= 0.6 is 0 Å². The molecule has 1 heterocycles. The summed E-state index contributed by atoms with van der Waals surface area (Å²) in [7, 11) is 0. The molecule has 0 aliphatic heterocycles. The van der Waals surface area contributed by atoms with Crippen LogP contribution < -0.4 is 10.7 Å². The summed E-state index contributed by atoms with van der Waals surface area (Å²) >= 11 is 0. The summed E-state index contributed by atoms with van der Waals surface area (Å²) < 4.78 is 1.95. The maximum Gasteiger partial charge on any atom is 0.271 e. The highest BCUT2D eigenvalue weighted by Gasteiger charge is 2.12. The zero-order valence-electron chi connectivity index (χ0n) is 17.2. The number of non-ortho nitro benzene ring substituents is 1. The number of rotatable bonds is 6. The number of nitrogens with zero attached hydrogens (tertiary/aromatic N) is 3. The van der Waals surface area contributed by atoms with Gasteiger partial charge in [-0.1, -0.05) is 0 Å². The molecule has 0 spiro atoms. The minimum atomic E-state index is -0.437. The van der Waals surface area contributed by atoms with Crippen LogP contribution in [0.5, 0.6) is 0 Å². The normalized spacial score (nSPS) is 10.8. The van der Waals surface area contributed by atoms with Gasteiger partial charge in [0.2, 0.25) is 5.91 Å². The van der Waals surface area contributed by atoms with Crippen molar-refractivity contribution in [3.8, 4) is 5.69 Å². The number of benzene rings is 2. The number of hydrazone groups is 1. The topological polar surface area (TPSA) is 119 Å². The van der Waals surface area contributed by atoms with Gasteiger partial charge in [-0.05, 0) is 56.3 Å². The molecule has 31 heavy (non-hydrogen) atoms. The van der Waals surface area contributed by atoms with Crippen LogP contribution in [0.1, 0.15) is 34.2 Å². The third-order valence-corrected chi connectivity index (χ3v) is 4.63. The average molecular weight is 419 g/mol. The SMILES string of the molecule is CC(=O)Nc1ccc(C(=O)NN=Cc2cc(C)n(-c3ccc([N+](=O)[O-])cc3)c2C)cc1. The van der Waals surface area contributed by atoms with Crippen molar-refractivity contribution < 1.29 is 14.5 Å². The summed E-state index contributed by atoms with van der Waals surface area (Å²) in [5.41, 5.74) is 6.92. The summed E-state index contributed by atoms with van der Waals surface area (Å²) in [5, 5.41) is 17.5. The quantitative estimate of drug-likeness (QED) is 0.359. The Bertz CT molecular complexity index is 1160. The summed E-state index contributed by atoms with van der Waals surface area (Å²) in [4.78, 5) is 33.7. The van der Waals surface area contributed by atoms with E-state index in [1.54, 1.807) is 42.6 Å². The number of aryl methyl sites for hydroxylation is 1. The number of amides is 2. The second-order valence-corrected chi connectivity index (χ2v) is 6.89. The highest BCUT2D eigenvalue weighted by atomic mass is 16.6. The van der Waals surface area contributed by atoms with Crippen molar-refractivity contribution in [2.45, 2.75) is 20.8 Å². The fraction of sp³-hybridized carbons (Fsp3) is 0.136. The molecule has 158 valence electrons. The van der Waals surface area contributed by atoms with E-state index in [1.807, 2.05) is 24.5 Å². The minimum Gasteiger partial charge on any atom is -0.326 e. The zero-order chi connectivity index (χ0) is 22.5. The van der Waals surface area contributed by atoms with Crippen LogP contribution in [-0.2, 0) is 4.79 Å². The monoisotopic (exact) mass is 419 g/mol. The van der Waals surface area contributed by atoms with Gasteiger partial charge < -0.3 is 9.88 Å². The summed E-state index contributed by atoms with van der Waals surface area (Å²) in [6, 6.07) is 14.7. The molecule has 2 amide bonds. The van der Waals surface area contributed by atoms with Crippen LogP contribution in [0.15, 0.2) is 59.7 Å². The van der Waals surface area contributed by atoms with Crippen LogP contribution in [0, 0.1) is 24.0 Å². The first-order valence-corrected chi connectivity index (χ1v) is 9.41. The van der Waals surface area contributed by atoms with E-state index in [-0.39, 0.29) is 17.5 Å². The number of anilines is 1. The van der Waals surface area contributed by atoms with Gasteiger partial charge in [0.05, 0.1) is 11.1 Å². The molecule has 0 atom stereocenters. The third-order valence-electron chi connectivity index (χ3n) is 4.63. The Morgan fingerprint density at radius 2 is 1.71 bits per heavy atom. The van der Waals surface area contributed by atoms with E-state index in [2.05, 4.69) is 15.8 Å². The Morgan fingerprint density at radius 1 is 1.06 bits per heavy atom. The molecule has 3 rings (SSSR count). The van der Waals surface area contributed by atoms with Gasteiger partial charge in [-0.25, -0.2) is 5.43 Å². The fourth-order valence-electron chi connectivity index (χ4n) is 3.17. The highest BCUT2D eigenvalue weighted by molar-refractivity contribution is 5.96. The van der Waals surface area contributed by atoms with E-state index in [0.717, 1.165) is 22.6 Å². The summed E-state index contributed by atoms with van der Waals surface area (Å²) in [5.74, 6) is -0.567. The van der Waals surface area contributed by atoms with Gasteiger partial charge in [-0.15, -0.1) is 0 Å². The Labute approximate surface area is 178 Å². The lowest BCUT2D eigenvalue weighted by Gasteiger charge is -2.09. The van der Waals surface area contributed by atoms with Gasteiger partial charge in [0.15, 0.2) is 0 Å². The Hall–Kier alpha value is -4.27. The first-order valence-electron chi connectivity index (χ1n) is 9.41. The van der Waals surface area contributed by atoms with Crippen LogP contribution in [0.4, 0.5) is 11.4 Å². The summed E-state index contributed by atoms with van der Waals surface area (Å²) in [6.45, 7) is 5.23. The molecule has 1 aromatic heterocycles. The molecule has 0 fully saturated rings. The van der Waals surface area contributed by atoms with Gasteiger partial charge in [0.25, 0.3) is 11.6 Å². The van der Waals surface area contributed by atoms with E-state index in [9.17, 15) is 19.7 Å². The Balaban J connectivity index is 1.71. The fourth-order valence-corrected chi connectivity index (χ4v) is 3.17. The maximum absolute atomic E-state index is 12.3. The summed E-state index contributed by atoms with van der Waals surface area (Å²) in [6.07, 6.45) is 1.55. The van der Waals surface area contributed by atoms with Crippen molar-refractivity contribution in [2.75, 3.05) is 5.32 Å². The lowest BCUT2D eigenvalue weighted by Crippen LogP contribution is -2.17. The van der Waals surface area contributed by atoms with Gasteiger partial charge in [0.1, 0.15) is 0 Å². The van der Waals surface area contributed by atoms with Crippen molar-refractivity contribution in [1.29, 1.82) is 0 Å². The molecule has 2 N–H and O–H groups in total. The van der Waals surface area contributed by atoms with Gasteiger partial charge in [-0.3, -0.25) is 19.7 Å². The predicted octanol–water partition coefficient (Wildman–Crippen LogP) is 3.72. The van der Waals surface area contributed by atoms with Crippen LogP contribution in [0.2, 0.25) is 0 Å². The number of nitro groups is 1. The lowest BCUT2D eigenvalue weighted by atomic mass is 10.2. The number of carbonyl (C=O) groups excluding carboxylic acids is 2. The van der Waals surface area contributed by atoms with Crippen molar-refractivity contribution in [3.05, 3.63) is 87.2 Å². The lowest BCUT2D eigenvalue weighted by molar-refractivity contribution is -0.384.